The van der Waals surface area contributed by atoms with E-state index in [0.717, 1.165) is 32.7 Å². The van der Waals surface area contributed by atoms with Crippen LogP contribution in [0.2, 0.25) is 12.1 Å². The van der Waals surface area contributed by atoms with E-state index >= 15 is 0 Å². The molecular formula is C66H54SiZr2. The van der Waals surface area contributed by atoms with Crippen LogP contribution in [0.1, 0.15) is 33.4 Å². The number of aryl methyl sites for hydroxylation is 2. The van der Waals surface area contributed by atoms with Crippen molar-refractivity contribution in [2.75, 3.05) is 0 Å². The fraction of sp³-hybridized carbons (Fsp3) is 0.0606. The van der Waals surface area contributed by atoms with Gasteiger partial charge in [0.25, 0.3) is 0 Å². The predicted octanol–water partition coefficient (Wildman–Crippen LogP) is 17.6. The molecule has 2 radical (unpaired) electrons. The number of rotatable bonds is 12. The largest absolute Gasteiger partial charge is 2.00 e. The molecule has 330 valence electrons. The molecule has 0 heterocycles. The standard InChI is InChI=1S/C34H28Si.2C16H13.2Zr/c1-5-15-29(16-6-1)19-13-25-33(31-21-9-3-10-22-31)27-35-28-34(32-23-11-4-12-24-32)26-14-20-30-17-7-2-8-18-30;2*1-12-5-4-7-14(11-12)16-10-9-13-6-2-3-8-15(13)16;;/h1-18,21-26H,27-28H2;2*2-11H,1H3;;/q-2;2*-1;2*+2. The maximum atomic E-state index is 3.39. The molecule has 10 rings (SSSR count). The first-order valence-electron chi connectivity index (χ1n) is 23.0. The molecule has 10 aromatic rings. The van der Waals surface area contributed by atoms with Crippen LogP contribution in [-0.2, 0) is 52.4 Å². The predicted molar refractivity (Wildman–Crippen MR) is 290 cm³/mol. The molecule has 0 saturated heterocycles. The van der Waals surface area contributed by atoms with Gasteiger partial charge in [-0.2, -0.15) is 0 Å². The summed E-state index contributed by atoms with van der Waals surface area (Å²) >= 11 is 0. The second-order valence-electron chi connectivity index (χ2n) is 16.5. The van der Waals surface area contributed by atoms with Gasteiger partial charge in [0.05, 0.1) is 0 Å². The third-order valence-electron chi connectivity index (χ3n) is 11.6. The van der Waals surface area contributed by atoms with Crippen molar-refractivity contribution in [1.82, 2.24) is 0 Å². The molecule has 0 N–H and O–H groups in total. The van der Waals surface area contributed by atoms with E-state index in [0.29, 0.717) is 0 Å². The second-order valence-corrected chi connectivity index (χ2v) is 17.7. The molecule has 0 aromatic heterocycles. The van der Waals surface area contributed by atoms with E-state index in [2.05, 4.69) is 244 Å². The molecule has 0 fully saturated rings. The van der Waals surface area contributed by atoms with Crippen LogP contribution in [0.4, 0.5) is 0 Å². The number of allylic oxidation sites excluding steroid dienone is 6. The Labute approximate surface area is 451 Å². The summed E-state index contributed by atoms with van der Waals surface area (Å²) in [5, 5.41) is 5.32. The zero-order chi connectivity index (χ0) is 45.9. The topological polar surface area (TPSA) is 0 Å². The van der Waals surface area contributed by atoms with E-state index in [1.165, 1.54) is 77.2 Å². The maximum absolute atomic E-state index is 3.39. The SMILES string of the molecule is Cc1cccc(-[c-]2ccc3ccccc32)c1.Cc1cccc(-[c-]2ccc3ccccc32)c1.[C-](=CC=C(C[Si]CC(=CC=[C-]c1ccccc1)c1ccccc1)c1ccccc1)c1ccccc1.[Zr+2].[Zr+2]. The number of hydrogen-bond acceptors (Lipinski definition) is 0. The summed E-state index contributed by atoms with van der Waals surface area (Å²) in [7, 11) is 0.767. The molecule has 10 aromatic carbocycles. The van der Waals surface area contributed by atoms with Gasteiger partial charge in [-0.05, 0) is 37.1 Å². The molecule has 0 amide bonds. The molecule has 3 heteroatoms. The summed E-state index contributed by atoms with van der Waals surface area (Å²) in [5.74, 6) is 0. The second kappa shape index (κ2) is 27.8. The van der Waals surface area contributed by atoms with Crippen molar-refractivity contribution in [1.29, 1.82) is 0 Å². The van der Waals surface area contributed by atoms with E-state index in [4.69, 9.17) is 0 Å². The Hall–Kier alpha value is -6.08. The molecule has 0 saturated carbocycles. The molecule has 0 nitrogen and oxygen atoms in total. The number of fused-ring (bicyclic) bond motifs is 2. The first-order valence-corrected chi connectivity index (χ1v) is 24.4. The van der Waals surface area contributed by atoms with E-state index in [1.807, 2.05) is 48.6 Å². The van der Waals surface area contributed by atoms with Crippen molar-refractivity contribution >= 4 is 42.2 Å². The Bertz CT molecular complexity index is 2990. The van der Waals surface area contributed by atoms with Crippen LogP contribution < -0.4 is 0 Å². The van der Waals surface area contributed by atoms with Crippen LogP contribution in [-0.4, -0.2) is 9.52 Å². The quantitative estimate of drug-likeness (QED) is 0.0650. The monoisotopic (exact) mass is 1050 g/mol. The summed E-state index contributed by atoms with van der Waals surface area (Å²) in [6.07, 6.45) is 15.3. The number of hydrogen-bond donors (Lipinski definition) is 0. The van der Waals surface area contributed by atoms with Crippen LogP contribution in [0.5, 0.6) is 0 Å². The Morgan fingerprint density at radius 3 is 1.16 bits per heavy atom. The van der Waals surface area contributed by atoms with E-state index in [-0.39, 0.29) is 52.4 Å². The summed E-state index contributed by atoms with van der Waals surface area (Å²) in [6, 6.07) is 87.1. The fourth-order valence-electron chi connectivity index (χ4n) is 8.13. The molecule has 0 unspecified atom stereocenters. The Morgan fingerprint density at radius 2 is 0.768 bits per heavy atom. The molecule has 69 heavy (non-hydrogen) atoms. The minimum Gasteiger partial charge on any atom is -0.150 e. The van der Waals surface area contributed by atoms with Gasteiger partial charge in [-0.15, -0.1) is 168 Å². The van der Waals surface area contributed by atoms with Crippen molar-refractivity contribution < 1.29 is 52.4 Å². The number of benzene rings is 8. The summed E-state index contributed by atoms with van der Waals surface area (Å²) in [4.78, 5) is 0. The molecule has 0 spiro atoms. The normalized spacial score (nSPS) is 11.3. The van der Waals surface area contributed by atoms with Gasteiger partial charge in [0.2, 0.25) is 0 Å². The van der Waals surface area contributed by atoms with E-state index < -0.39 is 0 Å². The Kier molecular flexibility index (Phi) is 21.1. The Balaban J connectivity index is 0.000000190. The Morgan fingerprint density at radius 1 is 0.406 bits per heavy atom. The minimum atomic E-state index is 0. The van der Waals surface area contributed by atoms with Gasteiger partial charge < -0.3 is 0 Å². The third-order valence-corrected chi connectivity index (χ3v) is 12.8. The van der Waals surface area contributed by atoms with Crippen molar-refractivity contribution in [3.05, 3.63) is 312 Å². The maximum Gasteiger partial charge on any atom is 2.00 e. The van der Waals surface area contributed by atoms with Crippen LogP contribution in [0, 0.1) is 26.0 Å². The first-order chi connectivity index (χ1) is 33.1. The summed E-state index contributed by atoms with van der Waals surface area (Å²) in [5.41, 5.74) is 15.3. The van der Waals surface area contributed by atoms with Gasteiger partial charge in [-0.3, -0.25) is 0 Å². The average Bonchev–Trinajstić information content (AvgIpc) is 4.02. The molecule has 0 atom stereocenters. The molecule has 0 aliphatic carbocycles. The van der Waals surface area contributed by atoms with Gasteiger partial charge >= 0.3 is 52.4 Å². The van der Waals surface area contributed by atoms with E-state index in [9.17, 15) is 0 Å². The van der Waals surface area contributed by atoms with Crippen LogP contribution >= 0.6 is 0 Å². The van der Waals surface area contributed by atoms with Crippen LogP contribution in [0.3, 0.4) is 0 Å². The van der Waals surface area contributed by atoms with Crippen molar-refractivity contribution in [3.63, 3.8) is 0 Å². The van der Waals surface area contributed by atoms with E-state index in [1.54, 1.807) is 0 Å². The molecule has 0 bridgehead atoms. The average molecular weight is 1060 g/mol. The molecule has 0 aliphatic rings. The minimum absolute atomic E-state index is 0. The summed E-state index contributed by atoms with van der Waals surface area (Å²) < 4.78 is 0. The van der Waals surface area contributed by atoms with Gasteiger partial charge in [0.1, 0.15) is 0 Å². The summed E-state index contributed by atoms with van der Waals surface area (Å²) in [6.45, 7) is 4.27. The first kappa shape index (κ1) is 52.3. The van der Waals surface area contributed by atoms with Gasteiger partial charge in [0, 0.05) is 9.52 Å². The van der Waals surface area contributed by atoms with Gasteiger partial charge in [-0.1, -0.05) is 188 Å². The fourth-order valence-corrected chi connectivity index (χ4v) is 9.43. The molecular weight excluding hydrogens is 1000 g/mol. The van der Waals surface area contributed by atoms with Crippen molar-refractivity contribution in [2.24, 2.45) is 0 Å². The van der Waals surface area contributed by atoms with Gasteiger partial charge in [0.15, 0.2) is 0 Å². The van der Waals surface area contributed by atoms with Crippen LogP contribution in [0.15, 0.2) is 267 Å². The van der Waals surface area contributed by atoms with Crippen molar-refractivity contribution in [3.8, 4) is 22.3 Å². The molecule has 0 aliphatic heterocycles. The van der Waals surface area contributed by atoms with Gasteiger partial charge in [-0.25, -0.2) is 0 Å². The zero-order valence-corrected chi connectivity index (χ0v) is 45.2. The zero-order valence-electron chi connectivity index (χ0n) is 39.3. The van der Waals surface area contributed by atoms with Crippen molar-refractivity contribution in [2.45, 2.75) is 25.9 Å². The smallest absolute Gasteiger partial charge is 0.150 e. The third kappa shape index (κ3) is 15.5. The van der Waals surface area contributed by atoms with Crippen LogP contribution in [0.25, 0.3) is 54.9 Å².